The third-order valence-electron chi connectivity index (χ3n) is 3.57. The number of ether oxygens (including phenoxy) is 2. The van der Waals surface area contributed by atoms with Crippen molar-refractivity contribution in [2.24, 2.45) is 5.92 Å². The molecule has 1 fully saturated rings. The van der Waals surface area contributed by atoms with Crippen LogP contribution in [0.15, 0.2) is 18.2 Å². The van der Waals surface area contributed by atoms with Crippen molar-refractivity contribution < 1.29 is 19.1 Å². The zero-order valence-corrected chi connectivity index (χ0v) is 13.2. The minimum atomic E-state index is -0.464. The number of carbonyl (C=O) groups is 2. The maximum atomic E-state index is 12.0. The van der Waals surface area contributed by atoms with E-state index >= 15 is 0 Å². The van der Waals surface area contributed by atoms with Crippen molar-refractivity contribution in [3.63, 3.8) is 0 Å². The first-order valence-corrected chi connectivity index (χ1v) is 7.39. The largest absolute Gasteiger partial charge is 0.465 e. The first-order chi connectivity index (χ1) is 10.5. The Kier molecular flexibility index (Phi) is 5.38. The molecule has 1 aliphatic heterocycles. The van der Waals surface area contributed by atoms with E-state index in [4.69, 9.17) is 9.47 Å². The lowest BCUT2D eigenvalue weighted by Crippen LogP contribution is -2.36. The van der Waals surface area contributed by atoms with E-state index in [9.17, 15) is 9.59 Å². The molecule has 1 saturated heterocycles. The molecule has 1 N–H and O–H groups in total. The van der Waals surface area contributed by atoms with Crippen molar-refractivity contribution in [1.29, 1.82) is 0 Å². The monoisotopic (exact) mass is 306 g/mol. The van der Waals surface area contributed by atoms with E-state index < -0.39 is 5.97 Å². The molecule has 2 rings (SSSR count). The van der Waals surface area contributed by atoms with Gasteiger partial charge in [-0.1, -0.05) is 13.8 Å². The molecule has 1 aromatic carbocycles. The summed E-state index contributed by atoms with van der Waals surface area (Å²) in [6, 6.07) is 5.40. The van der Waals surface area contributed by atoms with Crippen LogP contribution in [-0.4, -0.2) is 45.3 Å². The van der Waals surface area contributed by atoms with Gasteiger partial charge in [0.25, 0.3) is 0 Å². The maximum absolute atomic E-state index is 12.0. The molecule has 1 amide bonds. The number of rotatable bonds is 4. The van der Waals surface area contributed by atoms with E-state index in [1.807, 2.05) is 6.07 Å². The molecule has 0 aromatic heterocycles. The highest BCUT2D eigenvalue weighted by Crippen LogP contribution is 2.25. The van der Waals surface area contributed by atoms with E-state index in [1.54, 1.807) is 26.0 Å². The molecule has 22 heavy (non-hydrogen) atoms. The molecule has 1 aliphatic rings. The smallest absolute Gasteiger partial charge is 0.340 e. The van der Waals surface area contributed by atoms with Gasteiger partial charge in [0.15, 0.2) is 0 Å². The fourth-order valence-electron chi connectivity index (χ4n) is 2.22. The molecule has 0 unspecified atom stereocenters. The first kappa shape index (κ1) is 16.3. The number of esters is 1. The highest BCUT2D eigenvalue weighted by molar-refractivity contribution is 6.02. The van der Waals surface area contributed by atoms with E-state index in [2.05, 4.69) is 10.2 Å². The Morgan fingerprint density at radius 1 is 1.27 bits per heavy atom. The topological polar surface area (TPSA) is 67.9 Å². The lowest BCUT2D eigenvalue weighted by Gasteiger charge is -2.29. The number of morpholine rings is 1. The number of hydrogen-bond donors (Lipinski definition) is 1. The highest BCUT2D eigenvalue weighted by atomic mass is 16.5. The number of nitrogens with one attached hydrogen (secondary N) is 1. The number of benzene rings is 1. The van der Waals surface area contributed by atoms with Crippen molar-refractivity contribution in [2.45, 2.75) is 13.8 Å². The lowest BCUT2D eigenvalue weighted by molar-refractivity contribution is -0.118. The standard InChI is InChI=1S/C16H22N2O4/c1-11(2)15(19)17-14-5-4-12(10-13(14)16(20)21-3)18-6-8-22-9-7-18/h4-5,10-11H,6-9H2,1-3H3,(H,17,19). The lowest BCUT2D eigenvalue weighted by atomic mass is 10.1. The summed E-state index contributed by atoms with van der Waals surface area (Å²) in [6.45, 7) is 6.49. The van der Waals surface area contributed by atoms with Crippen LogP contribution in [-0.2, 0) is 14.3 Å². The fourth-order valence-corrected chi connectivity index (χ4v) is 2.22. The Bertz CT molecular complexity index is 551. The molecule has 6 nitrogen and oxygen atoms in total. The number of carbonyl (C=O) groups excluding carboxylic acids is 2. The number of amides is 1. The molecule has 0 spiro atoms. The molecule has 120 valence electrons. The summed E-state index contributed by atoms with van der Waals surface area (Å²) in [7, 11) is 1.33. The fraction of sp³-hybridized carbons (Fsp3) is 0.500. The minimum Gasteiger partial charge on any atom is -0.465 e. The predicted octanol–water partition coefficient (Wildman–Crippen LogP) is 1.90. The van der Waals surface area contributed by atoms with Gasteiger partial charge in [-0.05, 0) is 18.2 Å². The minimum absolute atomic E-state index is 0.135. The van der Waals surface area contributed by atoms with E-state index in [0.29, 0.717) is 24.5 Å². The normalized spacial score (nSPS) is 14.8. The van der Waals surface area contributed by atoms with Crippen LogP contribution < -0.4 is 10.2 Å². The molecule has 1 aromatic rings. The van der Waals surface area contributed by atoms with Gasteiger partial charge in [-0.25, -0.2) is 4.79 Å². The van der Waals surface area contributed by atoms with Crippen molar-refractivity contribution in [1.82, 2.24) is 0 Å². The second-order valence-corrected chi connectivity index (χ2v) is 5.46. The summed E-state index contributed by atoms with van der Waals surface area (Å²) in [5.41, 5.74) is 1.76. The number of methoxy groups -OCH3 is 1. The molecular formula is C16H22N2O4. The summed E-state index contributed by atoms with van der Waals surface area (Å²) >= 11 is 0. The van der Waals surface area contributed by atoms with Gasteiger partial charge in [0, 0.05) is 24.7 Å². The van der Waals surface area contributed by atoms with Crippen LogP contribution >= 0.6 is 0 Å². The molecule has 0 bridgehead atoms. The molecule has 6 heteroatoms. The second kappa shape index (κ2) is 7.26. The Morgan fingerprint density at radius 3 is 2.55 bits per heavy atom. The zero-order valence-electron chi connectivity index (χ0n) is 13.2. The third-order valence-corrected chi connectivity index (χ3v) is 3.57. The summed E-state index contributed by atoms with van der Waals surface area (Å²) in [6.07, 6.45) is 0. The van der Waals surface area contributed by atoms with Crippen molar-refractivity contribution in [2.75, 3.05) is 43.6 Å². The quantitative estimate of drug-likeness (QED) is 0.861. The Hall–Kier alpha value is -2.08. The number of anilines is 2. The van der Waals surface area contributed by atoms with Gasteiger partial charge < -0.3 is 19.7 Å². The number of nitrogens with zero attached hydrogens (tertiary/aromatic N) is 1. The molecule has 0 aliphatic carbocycles. The Balaban J connectivity index is 2.29. The van der Waals surface area contributed by atoms with Crippen LogP contribution in [0.3, 0.4) is 0 Å². The predicted molar refractivity (Wildman–Crippen MR) is 84.3 cm³/mol. The van der Waals surface area contributed by atoms with Crippen LogP contribution in [0.2, 0.25) is 0 Å². The van der Waals surface area contributed by atoms with Crippen LogP contribution in [0, 0.1) is 5.92 Å². The van der Waals surface area contributed by atoms with Gasteiger partial charge in [0.1, 0.15) is 0 Å². The SMILES string of the molecule is COC(=O)c1cc(N2CCOCC2)ccc1NC(=O)C(C)C. The Morgan fingerprint density at radius 2 is 1.95 bits per heavy atom. The number of hydrogen-bond acceptors (Lipinski definition) is 5. The summed E-state index contributed by atoms with van der Waals surface area (Å²) < 4.78 is 10.2. The van der Waals surface area contributed by atoms with Crippen molar-refractivity contribution in [3.8, 4) is 0 Å². The highest BCUT2D eigenvalue weighted by Gasteiger charge is 2.19. The van der Waals surface area contributed by atoms with Gasteiger partial charge in [0.05, 0.1) is 31.6 Å². The average Bonchev–Trinajstić information content (AvgIpc) is 2.55. The van der Waals surface area contributed by atoms with Crippen molar-refractivity contribution in [3.05, 3.63) is 23.8 Å². The van der Waals surface area contributed by atoms with Gasteiger partial charge in [-0.2, -0.15) is 0 Å². The maximum Gasteiger partial charge on any atom is 0.340 e. The first-order valence-electron chi connectivity index (χ1n) is 7.39. The summed E-state index contributed by atoms with van der Waals surface area (Å²) in [4.78, 5) is 26.0. The molecule has 0 radical (unpaired) electrons. The second-order valence-electron chi connectivity index (χ2n) is 5.46. The van der Waals surface area contributed by atoms with Gasteiger partial charge in [0.2, 0.25) is 5.91 Å². The van der Waals surface area contributed by atoms with Gasteiger partial charge >= 0.3 is 5.97 Å². The van der Waals surface area contributed by atoms with Crippen LogP contribution in [0.25, 0.3) is 0 Å². The summed E-state index contributed by atoms with van der Waals surface area (Å²) in [5.74, 6) is -0.761. The van der Waals surface area contributed by atoms with Crippen LogP contribution in [0.4, 0.5) is 11.4 Å². The van der Waals surface area contributed by atoms with Crippen LogP contribution in [0.1, 0.15) is 24.2 Å². The molecule has 1 heterocycles. The van der Waals surface area contributed by atoms with Crippen molar-refractivity contribution >= 4 is 23.3 Å². The van der Waals surface area contributed by atoms with Gasteiger partial charge in [-0.3, -0.25) is 4.79 Å². The third kappa shape index (κ3) is 3.76. The zero-order chi connectivity index (χ0) is 16.1. The van der Waals surface area contributed by atoms with E-state index in [-0.39, 0.29) is 11.8 Å². The van der Waals surface area contributed by atoms with Crippen LogP contribution in [0.5, 0.6) is 0 Å². The van der Waals surface area contributed by atoms with E-state index in [1.165, 1.54) is 7.11 Å². The molecule has 0 atom stereocenters. The summed E-state index contributed by atoms with van der Waals surface area (Å²) in [5, 5.41) is 2.77. The molecule has 0 saturated carbocycles. The average molecular weight is 306 g/mol. The van der Waals surface area contributed by atoms with E-state index in [0.717, 1.165) is 18.8 Å². The van der Waals surface area contributed by atoms with Gasteiger partial charge in [-0.15, -0.1) is 0 Å². The molecular weight excluding hydrogens is 284 g/mol. The Labute approximate surface area is 130 Å².